The summed E-state index contributed by atoms with van der Waals surface area (Å²) in [7, 11) is 0. The molecule has 0 aliphatic rings. The predicted octanol–water partition coefficient (Wildman–Crippen LogP) is 1.90. The standard InChI is InChI=1S/C11H14N4/c1-7-5-6-8(2)15(7)11-12-9(3)10(4)13-14-11/h5-6H,1-4H3. The van der Waals surface area contributed by atoms with Crippen LogP contribution < -0.4 is 0 Å². The van der Waals surface area contributed by atoms with E-state index in [1.807, 2.05) is 44.4 Å². The average molecular weight is 202 g/mol. The van der Waals surface area contributed by atoms with Gasteiger partial charge in [-0.05, 0) is 39.8 Å². The summed E-state index contributed by atoms with van der Waals surface area (Å²) in [4.78, 5) is 4.43. The van der Waals surface area contributed by atoms with Gasteiger partial charge in [-0.3, -0.25) is 4.57 Å². The summed E-state index contributed by atoms with van der Waals surface area (Å²) in [6, 6.07) is 4.10. The van der Waals surface area contributed by atoms with Gasteiger partial charge in [-0.15, -0.1) is 5.10 Å². The van der Waals surface area contributed by atoms with Crippen molar-refractivity contribution in [1.82, 2.24) is 19.7 Å². The van der Waals surface area contributed by atoms with E-state index in [4.69, 9.17) is 0 Å². The van der Waals surface area contributed by atoms with Crippen molar-refractivity contribution in [2.24, 2.45) is 0 Å². The highest BCUT2D eigenvalue weighted by molar-refractivity contribution is 5.26. The SMILES string of the molecule is Cc1nnc(-n2c(C)ccc2C)nc1C. The van der Waals surface area contributed by atoms with Crippen molar-refractivity contribution in [3.63, 3.8) is 0 Å². The molecule has 78 valence electrons. The van der Waals surface area contributed by atoms with E-state index < -0.39 is 0 Å². The largest absolute Gasteiger partial charge is 0.286 e. The highest BCUT2D eigenvalue weighted by atomic mass is 15.3. The Hall–Kier alpha value is -1.71. The lowest BCUT2D eigenvalue weighted by molar-refractivity contribution is 0.791. The molecule has 0 spiro atoms. The van der Waals surface area contributed by atoms with Crippen LogP contribution in [0.1, 0.15) is 22.8 Å². The van der Waals surface area contributed by atoms with Gasteiger partial charge < -0.3 is 0 Å². The number of aryl methyl sites for hydroxylation is 4. The Balaban J connectivity index is 2.59. The molecule has 2 aromatic rings. The number of rotatable bonds is 1. The highest BCUT2D eigenvalue weighted by Gasteiger charge is 2.08. The van der Waals surface area contributed by atoms with Gasteiger partial charge in [-0.25, -0.2) is 4.98 Å². The Morgan fingerprint density at radius 3 is 2.00 bits per heavy atom. The second-order valence-corrected chi connectivity index (χ2v) is 3.73. The lowest BCUT2D eigenvalue weighted by atomic mass is 10.4. The zero-order chi connectivity index (χ0) is 11.0. The third-order valence-electron chi connectivity index (χ3n) is 2.55. The van der Waals surface area contributed by atoms with E-state index in [0.29, 0.717) is 5.95 Å². The first kappa shape index (κ1) is 9.83. The van der Waals surface area contributed by atoms with Crippen LogP contribution in [0.15, 0.2) is 12.1 Å². The van der Waals surface area contributed by atoms with E-state index in [-0.39, 0.29) is 0 Å². The van der Waals surface area contributed by atoms with Crippen LogP contribution in [-0.2, 0) is 0 Å². The van der Waals surface area contributed by atoms with Gasteiger partial charge in [-0.2, -0.15) is 5.10 Å². The Kier molecular flexibility index (Phi) is 2.26. The Bertz CT molecular complexity index is 480. The second kappa shape index (κ2) is 3.46. The first-order chi connectivity index (χ1) is 7.09. The summed E-state index contributed by atoms with van der Waals surface area (Å²) in [5.41, 5.74) is 4.05. The maximum absolute atomic E-state index is 4.43. The van der Waals surface area contributed by atoms with E-state index in [9.17, 15) is 0 Å². The van der Waals surface area contributed by atoms with Crippen molar-refractivity contribution in [3.05, 3.63) is 34.9 Å². The molecule has 4 heteroatoms. The van der Waals surface area contributed by atoms with Crippen LogP contribution in [0.5, 0.6) is 0 Å². The van der Waals surface area contributed by atoms with Gasteiger partial charge in [0.2, 0.25) is 0 Å². The fourth-order valence-corrected chi connectivity index (χ4v) is 1.52. The third kappa shape index (κ3) is 1.63. The highest BCUT2D eigenvalue weighted by Crippen LogP contribution is 2.12. The van der Waals surface area contributed by atoms with E-state index in [0.717, 1.165) is 22.8 Å². The Morgan fingerprint density at radius 1 is 0.867 bits per heavy atom. The molecule has 0 N–H and O–H groups in total. The van der Waals surface area contributed by atoms with Gasteiger partial charge in [0.15, 0.2) is 0 Å². The Labute approximate surface area is 89.0 Å². The topological polar surface area (TPSA) is 43.6 Å². The van der Waals surface area contributed by atoms with Gasteiger partial charge in [0.05, 0.1) is 11.4 Å². The molecular formula is C11H14N4. The average Bonchev–Trinajstić information content (AvgIpc) is 2.52. The maximum atomic E-state index is 4.43. The lowest BCUT2D eigenvalue weighted by Crippen LogP contribution is -2.08. The molecule has 2 heterocycles. The number of hydrogen-bond donors (Lipinski definition) is 0. The first-order valence-electron chi connectivity index (χ1n) is 4.93. The molecular weight excluding hydrogens is 188 g/mol. The molecule has 2 aromatic heterocycles. The van der Waals surface area contributed by atoms with Crippen molar-refractivity contribution in [2.75, 3.05) is 0 Å². The molecule has 4 nitrogen and oxygen atoms in total. The second-order valence-electron chi connectivity index (χ2n) is 3.73. The molecule has 0 bridgehead atoms. The molecule has 0 saturated heterocycles. The summed E-state index contributed by atoms with van der Waals surface area (Å²) >= 11 is 0. The molecule has 2 rings (SSSR count). The van der Waals surface area contributed by atoms with Crippen LogP contribution in [-0.4, -0.2) is 19.7 Å². The summed E-state index contributed by atoms with van der Waals surface area (Å²) in [5, 5.41) is 8.19. The molecule has 0 aromatic carbocycles. The number of nitrogens with zero attached hydrogens (tertiary/aromatic N) is 4. The van der Waals surface area contributed by atoms with Crippen LogP contribution in [0, 0.1) is 27.7 Å². The van der Waals surface area contributed by atoms with Gasteiger partial charge in [0.25, 0.3) is 5.95 Å². The van der Waals surface area contributed by atoms with Crippen LogP contribution in [0.2, 0.25) is 0 Å². The van der Waals surface area contributed by atoms with Crippen molar-refractivity contribution < 1.29 is 0 Å². The van der Waals surface area contributed by atoms with E-state index >= 15 is 0 Å². The molecule has 0 unspecified atom stereocenters. The zero-order valence-corrected chi connectivity index (χ0v) is 9.44. The van der Waals surface area contributed by atoms with E-state index in [1.54, 1.807) is 0 Å². The molecule has 0 radical (unpaired) electrons. The molecule has 0 fully saturated rings. The van der Waals surface area contributed by atoms with Crippen molar-refractivity contribution in [2.45, 2.75) is 27.7 Å². The fourth-order valence-electron chi connectivity index (χ4n) is 1.52. The van der Waals surface area contributed by atoms with Crippen LogP contribution in [0.4, 0.5) is 0 Å². The third-order valence-corrected chi connectivity index (χ3v) is 2.55. The number of hydrogen-bond acceptors (Lipinski definition) is 3. The smallest absolute Gasteiger partial charge is 0.254 e. The molecule has 0 aliphatic heterocycles. The van der Waals surface area contributed by atoms with E-state index in [2.05, 4.69) is 15.2 Å². The zero-order valence-electron chi connectivity index (χ0n) is 9.44. The molecule has 0 saturated carbocycles. The van der Waals surface area contributed by atoms with Gasteiger partial charge in [0, 0.05) is 11.4 Å². The van der Waals surface area contributed by atoms with Gasteiger partial charge in [0.1, 0.15) is 0 Å². The van der Waals surface area contributed by atoms with Gasteiger partial charge >= 0.3 is 0 Å². The minimum Gasteiger partial charge on any atom is -0.286 e. The fraction of sp³-hybridized carbons (Fsp3) is 0.364. The molecule has 0 amide bonds. The van der Waals surface area contributed by atoms with Gasteiger partial charge in [-0.1, -0.05) is 0 Å². The minimum atomic E-state index is 0.651. The van der Waals surface area contributed by atoms with Crippen LogP contribution in [0.25, 0.3) is 5.95 Å². The maximum Gasteiger partial charge on any atom is 0.254 e. The quantitative estimate of drug-likeness (QED) is 0.709. The number of aromatic nitrogens is 4. The van der Waals surface area contributed by atoms with Crippen LogP contribution in [0.3, 0.4) is 0 Å². The monoisotopic (exact) mass is 202 g/mol. The minimum absolute atomic E-state index is 0.651. The summed E-state index contributed by atoms with van der Waals surface area (Å²) in [6.07, 6.45) is 0. The van der Waals surface area contributed by atoms with Crippen molar-refractivity contribution >= 4 is 0 Å². The summed E-state index contributed by atoms with van der Waals surface area (Å²) in [6.45, 7) is 7.92. The van der Waals surface area contributed by atoms with Crippen molar-refractivity contribution in [3.8, 4) is 5.95 Å². The Morgan fingerprint density at radius 2 is 1.47 bits per heavy atom. The molecule has 0 aliphatic carbocycles. The predicted molar refractivity (Wildman–Crippen MR) is 58.1 cm³/mol. The first-order valence-corrected chi connectivity index (χ1v) is 4.93. The normalized spacial score (nSPS) is 10.7. The van der Waals surface area contributed by atoms with E-state index in [1.165, 1.54) is 0 Å². The lowest BCUT2D eigenvalue weighted by Gasteiger charge is -2.07. The molecule has 0 atom stereocenters. The summed E-state index contributed by atoms with van der Waals surface area (Å²) < 4.78 is 2.00. The molecule has 15 heavy (non-hydrogen) atoms. The van der Waals surface area contributed by atoms with Crippen molar-refractivity contribution in [1.29, 1.82) is 0 Å². The summed E-state index contributed by atoms with van der Waals surface area (Å²) in [5.74, 6) is 0.651. The van der Waals surface area contributed by atoms with Crippen LogP contribution >= 0.6 is 0 Å².